The van der Waals surface area contributed by atoms with E-state index in [1.54, 1.807) is 28.8 Å². The molecule has 0 spiro atoms. The lowest BCUT2D eigenvalue weighted by molar-refractivity contribution is 0.182. The van der Waals surface area contributed by atoms with Crippen LogP contribution in [0.1, 0.15) is 18.6 Å². The minimum Gasteiger partial charge on any atom is -0.399 e. The third-order valence-electron chi connectivity index (χ3n) is 3.04. The average Bonchev–Trinajstić information content (AvgIpc) is 2.95. The average molecular weight is 310 g/mol. The number of rotatable bonds is 6. The fraction of sp³-hybridized carbons (Fsp3) is 0.308. The van der Waals surface area contributed by atoms with Crippen LogP contribution in [-0.4, -0.2) is 29.6 Å². The lowest BCUT2D eigenvalue weighted by Gasteiger charge is -2.12. The maximum atomic E-state index is 12.0. The highest BCUT2D eigenvalue weighted by Crippen LogP contribution is 2.15. The minimum absolute atomic E-state index is 0.0612. The zero-order valence-electron chi connectivity index (χ0n) is 11.6. The van der Waals surface area contributed by atoms with Crippen LogP contribution in [0.25, 0.3) is 0 Å². The number of hydrogen-bond donors (Lipinski definition) is 3. The van der Waals surface area contributed by atoms with E-state index >= 15 is 0 Å². The quantitative estimate of drug-likeness (QED) is 0.673. The van der Waals surface area contributed by atoms with Gasteiger partial charge in [-0.15, -0.1) is 0 Å². The maximum Gasteiger partial charge on any atom is 0.259 e. The molecular weight excluding hydrogens is 292 g/mol. The molecule has 0 aliphatic rings. The van der Waals surface area contributed by atoms with Crippen molar-refractivity contribution < 1.29 is 13.5 Å². The van der Waals surface area contributed by atoms with Crippen LogP contribution in [0.5, 0.6) is 0 Å². The van der Waals surface area contributed by atoms with Gasteiger partial charge in [-0.1, -0.05) is 12.1 Å². The number of nitrogens with two attached hydrogens (primary N) is 1. The third kappa shape index (κ3) is 3.81. The van der Waals surface area contributed by atoms with Crippen molar-refractivity contribution in [3.8, 4) is 0 Å². The first-order valence-corrected chi connectivity index (χ1v) is 7.95. The third-order valence-corrected chi connectivity index (χ3v) is 4.35. The van der Waals surface area contributed by atoms with E-state index in [0.29, 0.717) is 17.8 Å². The number of aryl methyl sites for hydroxylation is 1. The summed E-state index contributed by atoms with van der Waals surface area (Å²) < 4.78 is 28.1. The van der Waals surface area contributed by atoms with Gasteiger partial charge in [0.05, 0.1) is 12.4 Å². The monoisotopic (exact) mass is 310 g/mol. The second kappa shape index (κ2) is 6.25. The van der Waals surface area contributed by atoms with E-state index in [4.69, 9.17) is 5.73 Å². The summed E-state index contributed by atoms with van der Waals surface area (Å²) in [5.74, 6) is 0. The summed E-state index contributed by atoms with van der Waals surface area (Å²) in [7, 11) is -3.73. The Bertz CT molecular complexity index is 694. The van der Waals surface area contributed by atoms with Crippen LogP contribution in [0.4, 0.5) is 5.69 Å². The van der Waals surface area contributed by atoms with E-state index in [0.717, 1.165) is 0 Å². The molecule has 0 fully saturated rings. The van der Waals surface area contributed by atoms with E-state index in [2.05, 4.69) is 9.71 Å². The molecule has 0 saturated heterocycles. The lowest BCUT2D eigenvalue weighted by atomic mass is 10.1. The second-order valence-corrected chi connectivity index (χ2v) is 6.29. The summed E-state index contributed by atoms with van der Waals surface area (Å²) in [6, 6.07) is 6.60. The molecule has 1 unspecified atom stereocenters. The van der Waals surface area contributed by atoms with Crippen molar-refractivity contribution in [3.63, 3.8) is 0 Å². The minimum atomic E-state index is -3.73. The summed E-state index contributed by atoms with van der Waals surface area (Å²) >= 11 is 0. The zero-order chi connectivity index (χ0) is 15.5. The molecule has 114 valence electrons. The molecule has 0 bridgehead atoms. The van der Waals surface area contributed by atoms with Gasteiger partial charge >= 0.3 is 0 Å². The standard InChI is InChI=1S/C13H18N4O3S/c1-2-17-8-13(15-9-17)21(19,20)16-7-12(18)10-3-5-11(14)6-4-10/h3-6,8-9,12,16,18H,2,7,14H2,1H3. The Morgan fingerprint density at radius 3 is 2.62 bits per heavy atom. The van der Waals surface area contributed by atoms with E-state index in [-0.39, 0.29) is 11.6 Å². The van der Waals surface area contributed by atoms with E-state index in [1.807, 2.05) is 6.92 Å². The van der Waals surface area contributed by atoms with Gasteiger partial charge < -0.3 is 15.4 Å². The summed E-state index contributed by atoms with van der Waals surface area (Å²) in [6.07, 6.45) is 1.94. The van der Waals surface area contributed by atoms with Crippen LogP contribution >= 0.6 is 0 Å². The van der Waals surface area contributed by atoms with E-state index in [1.165, 1.54) is 12.5 Å². The van der Waals surface area contributed by atoms with E-state index < -0.39 is 16.1 Å². The smallest absolute Gasteiger partial charge is 0.259 e. The highest BCUT2D eigenvalue weighted by Gasteiger charge is 2.19. The predicted octanol–water partition coefficient (Wildman–Crippen LogP) is 0.497. The van der Waals surface area contributed by atoms with Crippen LogP contribution in [-0.2, 0) is 16.6 Å². The van der Waals surface area contributed by atoms with Gasteiger partial charge in [0, 0.05) is 25.0 Å². The Kier molecular flexibility index (Phi) is 4.61. The molecule has 2 aromatic rings. The Labute approximate surface area is 123 Å². The van der Waals surface area contributed by atoms with Gasteiger partial charge in [0.15, 0.2) is 5.03 Å². The van der Waals surface area contributed by atoms with Crippen LogP contribution in [0.2, 0.25) is 0 Å². The summed E-state index contributed by atoms with van der Waals surface area (Å²) in [5.41, 5.74) is 6.73. The van der Waals surface area contributed by atoms with Crippen molar-refractivity contribution in [2.24, 2.45) is 0 Å². The number of imidazole rings is 1. The van der Waals surface area contributed by atoms with Gasteiger partial charge in [-0.05, 0) is 24.6 Å². The SMILES string of the molecule is CCn1cnc(S(=O)(=O)NCC(O)c2ccc(N)cc2)c1. The topological polar surface area (TPSA) is 110 Å². The molecule has 4 N–H and O–H groups in total. The number of aliphatic hydroxyl groups excluding tert-OH is 1. The predicted molar refractivity (Wildman–Crippen MR) is 78.9 cm³/mol. The molecular formula is C13H18N4O3S. The molecule has 1 aromatic carbocycles. The Hall–Kier alpha value is -1.90. The number of hydrogen-bond acceptors (Lipinski definition) is 5. The highest BCUT2D eigenvalue weighted by molar-refractivity contribution is 7.89. The highest BCUT2D eigenvalue weighted by atomic mass is 32.2. The number of nitrogen functional groups attached to an aromatic ring is 1. The van der Waals surface area contributed by atoms with Gasteiger partial charge in [0.2, 0.25) is 0 Å². The molecule has 1 aromatic heterocycles. The molecule has 7 nitrogen and oxygen atoms in total. The molecule has 0 radical (unpaired) electrons. The fourth-order valence-electron chi connectivity index (χ4n) is 1.75. The number of sulfonamides is 1. The number of benzene rings is 1. The summed E-state index contributed by atoms with van der Waals surface area (Å²) in [4.78, 5) is 3.84. The normalized spacial score (nSPS) is 13.2. The van der Waals surface area contributed by atoms with Crippen molar-refractivity contribution in [1.82, 2.24) is 14.3 Å². The molecule has 0 amide bonds. The molecule has 2 rings (SSSR count). The Morgan fingerprint density at radius 2 is 2.05 bits per heavy atom. The number of aliphatic hydroxyl groups is 1. The van der Waals surface area contributed by atoms with Crippen LogP contribution in [0.15, 0.2) is 41.8 Å². The number of anilines is 1. The van der Waals surface area contributed by atoms with Gasteiger partial charge in [0.1, 0.15) is 0 Å². The van der Waals surface area contributed by atoms with Crippen LogP contribution in [0, 0.1) is 0 Å². The first-order chi connectivity index (χ1) is 9.92. The van der Waals surface area contributed by atoms with Gasteiger partial charge in [-0.3, -0.25) is 0 Å². The van der Waals surface area contributed by atoms with Crippen molar-refractivity contribution >= 4 is 15.7 Å². The summed E-state index contributed by atoms with van der Waals surface area (Å²) in [5, 5.41) is 9.92. The Balaban J connectivity index is 2.02. The zero-order valence-corrected chi connectivity index (χ0v) is 12.4. The fourth-order valence-corrected chi connectivity index (χ4v) is 2.74. The number of nitrogens with one attached hydrogen (secondary N) is 1. The number of aromatic nitrogens is 2. The largest absolute Gasteiger partial charge is 0.399 e. The van der Waals surface area contributed by atoms with Gasteiger partial charge in [0.25, 0.3) is 10.0 Å². The Morgan fingerprint density at radius 1 is 1.38 bits per heavy atom. The van der Waals surface area contributed by atoms with Crippen LogP contribution < -0.4 is 10.5 Å². The molecule has 1 atom stereocenters. The molecule has 0 aliphatic carbocycles. The van der Waals surface area contributed by atoms with Crippen molar-refractivity contribution in [2.45, 2.75) is 24.6 Å². The molecule has 0 saturated carbocycles. The van der Waals surface area contributed by atoms with Crippen LogP contribution in [0.3, 0.4) is 0 Å². The van der Waals surface area contributed by atoms with Crippen molar-refractivity contribution in [3.05, 3.63) is 42.4 Å². The molecule has 21 heavy (non-hydrogen) atoms. The first-order valence-electron chi connectivity index (χ1n) is 6.47. The van der Waals surface area contributed by atoms with E-state index in [9.17, 15) is 13.5 Å². The molecule has 1 heterocycles. The first kappa shape index (κ1) is 15.5. The van der Waals surface area contributed by atoms with Crippen molar-refractivity contribution in [2.75, 3.05) is 12.3 Å². The number of nitrogens with zero attached hydrogens (tertiary/aromatic N) is 2. The van der Waals surface area contributed by atoms with Gasteiger partial charge in [-0.2, -0.15) is 0 Å². The molecule has 0 aliphatic heterocycles. The second-order valence-electron chi connectivity index (χ2n) is 4.58. The molecule has 8 heteroatoms. The lowest BCUT2D eigenvalue weighted by Crippen LogP contribution is -2.28. The van der Waals surface area contributed by atoms with Gasteiger partial charge in [-0.25, -0.2) is 18.1 Å². The van der Waals surface area contributed by atoms with Crippen molar-refractivity contribution in [1.29, 1.82) is 0 Å². The maximum absolute atomic E-state index is 12.0. The summed E-state index contributed by atoms with van der Waals surface area (Å²) in [6.45, 7) is 2.39.